The van der Waals surface area contributed by atoms with E-state index in [9.17, 15) is 13.2 Å². The number of rotatable bonds is 9. The Labute approximate surface area is 156 Å². The molecule has 1 aromatic rings. The van der Waals surface area contributed by atoms with Gasteiger partial charge >= 0.3 is 6.09 Å². The standard InChI is InChI=1S/C19H29NO5S/c1-2-9-17(15-26(22,23)25-18-12-7-4-8-13-18)20-19(21)24-14-16-10-5-3-6-11-16/h3,5-6,10-11,17-18H,2,4,7-9,12-15H2,1H3,(H,20,21). The zero-order chi connectivity index (χ0) is 18.8. The van der Waals surface area contributed by atoms with Crippen molar-refractivity contribution in [2.75, 3.05) is 5.75 Å². The van der Waals surface area contributed by atoms with Crippen LogP contribution in [0.3, 0.4) is 0 Å². The normalized spacial score (nSPS) is 16.8. The highest BCUT2D eigenvalue weighted by atomic mass is 32.2. The Morgan fingerprint density at radius 3 is 2.54 bits per heavy atom. The first-order chi connectivity index (χ1) is 12.5. The van der Waals surface area contributed by atoms with Crippen LogP contribution >= 0.6 is 0 Å². The molecule has 1 fully saturated rings. The van der Waals surface area contributed by atoms with Crippen molar-refractivity contribution < 1.29 is 22.1 Å². The van der Waals surface area contributed by atoms with Crippen molar-refractivity contribution in [3.63, 3.8) is 0 Å². The van der Waals surface area contributed by atoms with Crippen molar-refractivity contribution in [1.82, 2.24) is 5.32 Å². The minimum Gasteiger partial charge on any atom is -0.445 e. The summed E-state index contributed by atoms with van der Waals surface area (Å²) >= 11 is 0. The van der Waals surface area contributed by atoms with Gasteiger partial charge in [0.05, 0.1) is 11.9 Å². The Morgan fingerprint density at radius 2 is 1.88 bits per heavy atom. The first-order valence-corrected chi connectivity index (χ1v) is 10.9. The molecule has 1 saturated carbocycles. The average molecular weight is 384 g/mol. The molecule has 2 rings (SSSR count). The van der Waals surface area contributed by atoms with Gasteiger partial charge in [0, 0.05) is 6.04 Å². The fraction of sp³-hybridized carbons (Fsp3) is 0.632. The van der Waals surface area contributed by atoms with E-state index in [0.29, 0.717) is 6.42 Å². The summed E-state index contributed by atoms with van der Waals surface area (Å²) < 4.78 is 35.2. The molecule has 1 atom stereocenters. The quantitative estimate of drug-likeness (QED) is 0.657. The van der Waals surface area contributed by atoms with Crippen LogP contribution in [0.25, 0.3) is 0 Å². The van der Waals surface area contributed by atoms with E-state index in [0.717, 1.165) is 44.1 Å². The van der Waals surface area contributed by atoms with E-state index in [4.69, 9.17) is 8.92 Å². The molecule has 0 bridgehead atoms. The smallest absolute Gasteiger partial charge is 0.407 e. The summed E-state index contributed by atoms with van der Waals surface area (Å²) in [6.07, 6.45) is 5.17. The summed E-state index contributed by atoms with van der Waals surface area (Å²) in [6.45, 7) is 2.09. The van der Waals surface area contributed by atoms with E-state index in [-0.39, 0.29) is 18.5 Å². The van der Waals surface area contributed by atoms with Crippen LogP contribution < -0.4 is 5.32 Å². The van der Waals surface area contributed by atoms with Gasteiger partial charge in [0.2, 0.25) is 0 Å². The second kappa shape index (κ2) is 10.5. The maximum atomic E-state index is 12.3. The third-order valence-corrected chi connectivity index (χ3v) is 5.79. The molecule has 0 radical (unpaired) electrons. The zero-order valence-corrected chi connectivity index (χ0v) is 16.2. The first-order valence-electron chi connectivity index (χ1n) is 9.36. The monoisotopic (exact) mass is 383 g/mol. The highest BCUT2D eigenvalue weighted by Gasteiger charge is 2.26. The van der Waals surface area contributed by atoms with Gasteiger partial charge in [-0.05, 0) is 24.8 Å². The van der Waals surface area contributed by atoms with E-state index in [1.165, 1.54) is 0 Å². The van der Waals surface area contributed by atoms with E-state index in [2.05, 4.69) is 5.32 Å². The number of ether oxygens (including phenoxy) is 1. The molecule has 6 nitrogen and oxygen atoms in total. The van der Waals surface area contributed by atoms with Gasteiger partial charge in [-0.25, -0.2) is 4.79 Å². The lowest BCUT2D eigenvalue weighted by Gasteiger charge is -2.23. The van der Waals surface area contributed by atoms with Crippen molar-refractivity contribution in [1.29, 1.82) is 0 Å². The lowest BCUT2D eigenvalue weighted by molar-refractivity contribution is 0.135. The van der Waals surface area contributed by atoms with Gasteiger partial charge in [0.15, 0.2) is 0 Å². The van der Waals surface area contributed by atoms with Crippen LogP contribution in [0.5, 0.6) is 0 Å². The Balaban J connectivity index is 1.83. The Morgan fingerprint density at radius 1 is 1.19 bits per heavy atom. The third-order valence-electron chi connectivity index (χ3n) is 4.41. The van der Waals surface area contributed by atoms with Gasteiger partial charge < -0.3 is 10.1 Å². The summed E-state index contributed by atoms with van der Waals surface area (Å²) in [7, 11) is -3.69. The first kappa shape index (κ1) is 20.7. The SMILES string of the molecule is CCCC(CS(=O)(=O)OC1CCCCC1)NC(=O)OCc1ccccc1. The van der Waals surface area contributed by atoms with Crippen LogP contribution in [0.15, 0.2) is 30.3 Å². The lowest BCUT2D eigenvalue weighted by Crippen LogP contribution is -2.41. The fourth-order valence-electron chi connectivity index (χ4n) is 3.13. The molecular weight excluding hydrogens is 354 g/mol. The minimum absolute atomic E-state index is 0.150. The number of alkyl carbamates (subject to hydrolysis) is 1. The molecule has 0 spiro atoms. The molecule has 1 aliphatic carbocycles. The van der Waals surface area contributed by atoms with Crippen LogP contribution in [0.4, 0.5) is 4.79 Å². The van der Waals surface area contributed by atoms with Crippen molar-refractivity contribution in [3.8, 4) is 0 Å². The van der Waals surface area contributed by atoms with Crippen LogP contribution in [0.1, 0.15) is 57.4 Å². The van der Waals surface area contributed by atoms with Crippen LogP contribution in [-0.4, -0.2) is 32.4 Å². The fourth-order valence-corrected chi connectivity index (χ4v) is 4.56. The Kier molecular flexibility index (Phi) is 8.38. The second-order valence-corrected chi connectivity index (χ2v) is 8.41. The van der Waals surface area contributed by atoms with Gasteiger partial charge in [-0.1, -0.05) is 62.9 Å². The van der Waals surface area contributed by atoms with E-state index in [1.54, 1.807) is 0 Å². The summed E-state index contributed by atoms with van der Waals surface area (Å²) in [5, 5.41) is 2.66. The van der Waals surface area contributed by atoms with E-state index in [1.807, 2.05) is 37.3 Å². The van der Waals surface area contributed by atoms with Crippen molar-refractivity contribution in [2.45, 2.75) is 70.6 Å². The van der Waals surface area contributed by atoms with E-state index >= 15 is 0 Å². The number of hydrogen-bond donors (Lipinski definition) is 1. The molecular formula is C19H29NO5S. The maximum absolute atomic E-state index is 12.3. The number of nitrogens with one attached hydrogen (secondary N) is 1. The molecule has 26 heavy (non-hydrogen) atoms. The van der Waals surface area contributed by atoms with Crippen molar-refractivity contribution in [3.05, 3.63) is 35.9 Å². The molecule has 1 amide bonds. The topological polar surface area (TPSA) is 81.7 Å². The molecule has 0 aliphatic heterocycles. The molecule has 1 N–H and O–H groups in total. The number of benzene rings is 1. The number of hydrogen-bond acceptors (Lipinski definition) is 5. The second-order valence-electron chi connectivity index (χ2n) is 6.77. The molecule has 0 heterocycles. The Bertz CT molecular complexity index is 641. The van der Waals surface area contributed by atoms with Crippen molar-refractivity contribution in [2.24, 2.45) is 0 Å². The summed E-state index contributed by atoms with van der Waals surface area (Å²) in [4.78, 5) is 12.0. The van der Waals surface area contributed by atoms with Gasteiger partial charge in [-0.2, -0.15) is 8.42 Å². The third kappa shape index (κ3) is 7.74. The van der Waals surface area contributed by atoms with Gasteiger partial charge in [0.1, 0.15) is 6.61 Å². The number of amides is 1. The van der Waals surface area contributed by atoms with E-state index < -0.39 is 22.3 Å². The number of carbonyl (C=O) groups excluding carboxylic acids is 1. The van der Waals surface area contributed by atoms with Crippen LogP contribution in [0.2, 0.25) is 0 Å². The predicted octanol–water partition coefficient (Wildman–Crippen LogP) is 3.76. The summed E-state index contributed by atoms with van der Waals surface area (Å²) in [5.41, 5.74) is 0.878. The molecule has 0 saturated heterocycles. The summed E-state index contributed by atoms with van der Waals surface area (Å²) in [6, 6.07) is 8.82. The Hall–Kier alpha value is -1.60. The van der Waals surface area contributed by atoms with Crippen LogP contribution in [0, 0.1) is 0 Å². The lowest BCUT2D eigenvalue weighted by atomic mass is 9.98. The largest absolute Gasteiger partial charge is 0.445 e. The molecule has 0 aromatic heterocycles. The molecule has 1 aliphatic rings. The molecule has 146 valence electrons. The average Bonchev–Trinajstić information content (AvgIpc) is 2.61. The molecule has 7 heteroatoms. The highest BCUT2D eigenvalue weighted by molar-refractivity contribution is 7.86. The maximum Gasteiger partial charge on any atom is 0.407 e. The van der Waals surface area contributed by atoms with Crippen molar-refractivity contribution >= 4 is 16.2 Å². The number of carbonyl (C=O) groups is 1. The zero-order valence-electron chi connectivity index (χ0n) is 15.4. The van der Waals surface area contributed by atoms with Gasteiger partial charge in [-0.3, -0.25) is 4.18 Å². The summed E-state index contributed by atoms with van der Waals surface area (Å²) in [5.74, 6) is -0.224. The molecule has 1 aromatic carbocycles. The van der Waals surface area contributed by atoms with Crippen LogP contribution in [-0.2, 0) is 25.6 Å². The van der Waals surface area contributed by atoms with Gasteiger partial charge in [-0.15, -0.1) is 0 Å². The predicted molar refractivity (Wildman–Crippen MR) is 100 cm³/mol. The highest BCUT2D eigenvalue weighted by Crippen LogP contribution is 2.22. The molecule has 1 unspecified atom stereocenters. The van der Waals surface area contributed by atoms with Gasteiger partial charge in [0.25, 0.3) is 10.1 Å². The minimum atomic E-state index is -3.69.